The van der Waals surface area contributed by atoms with Crippen LogP contribution in [0.5, 0.6) is 11.6 Å². The number of hydrogen-bond acceptors (Lipinski definition) is 5. The van der Waals surface area contributed by atoms with Crippen molar-refractivity contribution >= 4 is 0 Å². The number of aromatic nitrogens is 1. The number of ether oxygens (including phenoxy) is 2. The molecular formula is C29H25F2N3O2. The summed E-state index contributed by atoms with van der Waals surface area (Å²) < 4.78 is 39.6. The van der Waals surface area contributed by atoms with Gasteiger partial charge in [0.25, 0.3) is 0 Å². The molecule has 5 nitrogen and oxygen atoms in total. The van der Waals surface area contributed by atoms with Crippen LogP contribution in [0.15, 0.2) is 97.3 Å². The van der Waals surface area contributed by atoms with Gasteiger partial charge in [-0.05, 0) is 35.9 Å². The Labute approximate surface area is 208 Å². The molecule has 4 aromatic rings. The van der Waals surface area contributed by atoms with Gasteiger partial charge in [0.1, 0.15) is 30.6 Å². The van der Waals surface area contributed by atoms with Gasteiger partial charge in [-0.3, -0.25) is 0 Å². The molecule has 0 unspecified atom stereocenters. The molecule has 36 heavy (non-hydrogen) atoms. The Morgan fingerprint density at radius 2 is 1.61 bits per heavy atom. The molecule has 0 atom stereocenters. The van der Waals surface area contributed by atoms with E-state index in [1.54, 1.807) is 12.1 Å². The Morgan fingerprint density at radius 1 is 0.833 bits per heavy atom. The van der Waals surface area contributed by atoms with Gasteiger partial charge in [0.2, 0.25) is 5.88 Å². The molecule has 182 valence electrons. The van der Waals surface area contributed by atoms with Crippen molar-refractivity contribution in [3.63, 3.8) is 0 Å². The average molecular weight is 486 g/mol. The second-order valence-corrected chi connectivity index (χ2v) is 8.30. The van der Waals surface area contributed by atoms with E-state index in [2.05, 4.69) is 15.2 Å². The highest BCUT2D eigenvalue weighted by molar-refractivity contribution is 5.81. The van der Waals surface area contributed by atoms with E-state index in [1.807, 2.05) is 67.0 Å². The first-order valence-electron chi connectivity index (χ1n) is 11.7. The van der Waals surface area contributed by atoms with Gasteiger partial charge in [0, 0.05) is 47.8 Å². The van der Waals surface area contributed by atoms with Crippen LogP contribution in [0.4, 0.5) is 8.78 Å². The average Bonchev–Trinajstić information content (AvgIpc) is 3.41. The third kappa shape index (κ3) is 5.63. The molecule has 1 aromatic heterocycles. The van der Waals surface area contributed by atoms with Crippen LogP contribution in [-0.2, 0) is 6.54 Å². The van der Waals surface area contributed by atoms with Gasteiger partial charge in [-0.15, -0.1) is 0 Å². The SMILES string of the molecule is Fc1ccc(-c2ccc(OCCOc3ccc(CN4C=CNC4)cc3)nc2-c2ccccc2)c(F)c1. The zero-order chi connectivity index (χ0) is 24.7. The van der Waals surface area contributed by atoms with E-state index in [4.69, 9.17) is 9.47 Å². The van der Waals surface area contributed by atoms with Crippen LogP contribution in [0.3, 0.4) is 0 Å². The van der Waals surface area contributed by atoms with Crippen molar-refractivity contribution in [2.45, 2.75) is 6.54 Å². The second kappa shape index (κ2) is 10.9. The van der Waals surface area contributed by atoms with Gasteiger partial charge in [0.05, 0.1) is 12.4 Å². The fourth-order valence-electron chi connectivity index (χ4n) is 3.98. The van der Waals surface area contributed by atoms with Crippen LogP contribution < -0.4 is 14.8 Å². The van der Waals surface area contributed by atoms with E-state index >= 15 is 0 Å². The minimum absolute atomic E-state index is 0.276. The molecule has 0 amide bonds. The summed E-state index contributed by atoms with van der Waals surface area (Å²) in [6.45, 7) is 2.28. The molecule has 0 bridgehead atoms. The monoisotopic (exact) mass is 485 g/mol. The molecule has 1 N–H and O–H groups in total. The lowest BCUT2D eigenvalue weighted by molar-refractivity contribution is 0.212. The van der Waals surface area contributed by atoms with E-state index in [0.717, 1.165) is 30.6 Å². The second-order valence-electron chi connectivity index (χ2n) is 8.30. The highest BCUT2D eigenvalue weighted by atomic mass is 19.1. The number of nitrogens with one attached hydrogen (secondary N) is 1. The minimum atomic E-state index is -0.643. The molecule has 0 aliphatic carbocycles. The summed E-state index contributed by atoms with van der Waals surface area (Å²) in [5.41, 5.74) is 3.39. The van der Waals surface area contributed by atoms with Gasteiger partial charge in [-0.2, -0.15) is 0 Å². The van der Waals surface area contributed by atoms with E-state index in [-0.39, 0.29) is 12.2 Å². The topological polar surface area (TPSA) is 46.6 Å². The maximum Gasteiger partial charge on any atom is 0.213 e. The van der Waals surface area contributed by atoms with Gasteiger partial charge in [-0.25, -0.2) is 13.8 Å². The van der Waals surface area contributed by atoms with Gasteiger partial charge < -0.3 is 19.7 Å². The summed E-state index contributed by atoms with van der Waals surface area (Å²) in [6, 6.07) is 24.4. The highest BCUT2D eigenvalue weighted by Crippen LogP contribution is 2.34. The number of pyridine rings is 1. The highest BCUT2D eigenvalue weighted by Gasteiger charge is 2.15. The fourth-order valence-corrected chi connectivity index (χ4v) is 3.98. The molecule has 5 rings (SSSR count). The number of nitrogens with zero attached hydrogens (tertiary/aromatic N) is 2. The molecule has 0 fully saturated rings. The van der Waals surface area contributed by atoms with E-state index < -0.39 is 11.6 Å². The molecule has 1 aliphatic rings. The third-order valence-electron chi connectivity index (χ3n) is 5.75. The lowest BCUT2D eigenvalue weighted by Gasteiger charge is -2.15. The van der Waals surface area contributed by atoms with Gasteiger partial charge in [-0.1, -0.05) is 42.5 Å². The maximum atomic E-state index is 14.5. The first kappa shape index (κ1) is 23.4. The first-order chi connectivity index (χ1) is 17.7. The van der Waals surface area contributed by atoms with E-state index in [0.29, 0.717) is 23.7 Å². The summed E-state index contributed by atoms with van der Waals surface area (Å²) in [5, 5.41) is 3.15. The van der Waals surface area contributed by atoms with Crippen molar-refractivity contribution in [2.75, 3.05) is 19.9 Å². The summed E-state index contributed by atoms with van der Waals surface area (Å²) >= 11 is 0. The quantitative estimate of drug-likeness (QED) is 0.295. The predicted octanol–water partition coefficient (Wildman–Crippen LogP) is 5.99. The van der Waals surface area contributed by atoms with Gasteiger partial charge >= 0.3 is 0 Å². The summed E-state index contributed by atoms with van der Waals surface area (Å²) in [4.78, 5) is 6.81. The number of benzene rings is 3. The zero-order valence-corrected chi connectivity index (χ0v) is 19.5. The Hall–Kier alpha value is -4.39. The normalized spacial score (nSPS) is 12.4. The molecule has 0 saturated carbocycles. The number of rotatable bonds is 9. The lowest BCUT2D eigenvalue weighted by Crippen LogP contribution is -2.19. The zero-order valence-electron chi connectivity index (χ0n) is 19.5. The van der Waals surface area contributed by atoms with E-state index in [9.17, 15) is 8.78 Å². The molecule has 0 saturated heterocycles. The standard InChI is InChI=1S/C29H25F2N3O2/c30-23-8-11-25(27(31)18-23)26-12-13-28(33-29(26)22-4-2-1-3-5-22)36-17-16-35-24-9-6-21(7-10-24)19-34-15-14-32-20-34/h1-15,18,32H,16-17,19-20H2. The maximum absolute atomic E-state index is 14.5. The summed E-state index contributed by atoms with van der Waals surface area (Å²) in [7, 11) is 0. The molecule has 0 radical (unpaired) electrons. The van der Waals surface area contributed by atoms with Crippen molar-refractivity contribution in [1.82, 2.24) is 15.2 Å². The molecule has 3 aromatic carbocycles. The summed E-state index contributed by atoms with van der Waals surface area (Å²) in [5.74, 6) is -0.111. The predicted molar refractivity (Wildman–Crippen MR) is 135 cm³/mol. The van der Waals surface area contributed by atoms with Crippen molar-refractivity contribution in [1.29, 1.82) is 0 Å². The summed E-state index contributed by atoms with van der Waals surface area (Å²) in [6.07, 6.45) is 3.96. The van der Waals surface area contributed by atoms with Crippen LogP contribution in [0.2, 0.25) is 0 Å². The van der Waals surface area contributed by atoms with Crippen LogP contribution in [0.25, 0.3) is 22.4 Å². The van der Waals surface area contributed by atoms with Crippen molar-refractivity contribution in [3.8, 4) is 34.0 Å². The molecule has 2 heterocycles. The Morgan fingerprint density at radius 3 is 2.36 bits per heavy atom. The van der Waals surface area contributed by atoms with Crippen molar-refractivity contribution in [3.05, 3.63) is 115 Å². The van der Waals surface area contributed by atoms with Crippen LogP contribution in [0, 0.1) is 11.6 Å². The van der Waals surface area contributed by atoms with Crippen molar-refractivity contribution in [2.24, 2.45) is 0 Å². The number of hydrogen-bond donors (Lipinski definition) is 1. The van der Waals surface area contributed by atoms with Crippen LogP contribution >= 0.6 is 0 Å². The first-order valence-corrected chi connectivity index (χ1v) is 11.7. The Bertz CT molecular complexity index is 1340. The van der Waals surface area contributed by atoms with Crippen molar-refractivity contribution < 1.29 is 18.3 Å². The smallest absolute Gasteiger partial charge is 0.213 e. The third-order valence-corrected chi connectivity index (χ3v) is 5.75. The van der Waals surface area contributed by atoms with Crippen LogP contribution in [-0.4, -0.2) is 29.8 Å². The molecule has 0 spiro atoms. The minimum Gasteiger partial charge on any atom is -0.490 e. The fraction of sp³-hybridized carbons (Fsp3) is 0.138. The Kier molecular flexibility index (Phi) is 7.07. The lowest BCUT2D eigenvalue weighted by atomic mass is 9.99. The van der Waals surface area contributed by atoms with Crippen LogP contribution in [0.1, 0.15) is 5.56 Å². The largest absolute Gasteiger partial charge is 0.490 e. The molecule has 1 aliphatic heterocycles. The van der Waals surface area contributed by atoms with Gasteiger partial charge in [0.15, 0.2) is 0 Å². The molecule has 7 heteroatoms. The Balaban J connectivity index is 1.24. The molecular weight excluding hydrogens is 460 g/mol. The number of halogens is 2. The van der Waals surface area contributed by atoms with E-state index in [1.165, 1.54) is 17.7 Å².